The molecule has 3 heterocycles. The maximum absolute atomic E-state index is 12.5. The topological polar surface area (TPSA) is 63.1 Å². The van der Waals surface area contributed by atoms with Gasteiger partial charge in [0.25, 0.3) is 0 Å². The Bertz CT molecular complexity index is 844. The van der Waals surface area contributed by atoms with Crippen molar-refractivity contribution in [2.24, 2.45) is 0 Å². The van der Waals surface area contributed by atoms with Crippen LogP contribution < -0.4 is 5.32 Å². The number of pyridine rings is 1. The van der Waals surface area contributed by atoms with Crippen LogP contribution in [0, 0.1) is 0 Å². The number of aromatic nitrogens is 3. The molecule has 2 aromatic heterocycles. The summed E-state index contributed by atoms with van der Waals surface area (Å²) in [5.74, 6) is 0. The molecule has 3 aromatic rings. The van der Waals surface area contributed by atoms with Crippen LogP contribution in [0.2, 0.25) is 0 Å². The van der Waals surface area contributed by atoms with Crippen LogP contribution in [-0.2, 0) is 13.1 Å². The molecule has 0 bridgehead atoms. The van der Waals surface area contributed by atoms with Crippen LogP contribution in [0.5, 0.6) is 0 Å². The fraction of sp³-hybridized carbons (Fsp3) is 0.167. The lowest BCUT2D eigenvalue weighted by Gasteiger charge is -2.28. The Labute approximate surface area is 139 Å². The van der Waals surface area contributed by atoms with Crippen molar-refractivity contribution in [3.8, 4) is 11.3 Å². The van der Waals surface area contributed by atoms with E-state index in [1.165, 1.54) is 0 Å². The first-order valence-electron chi connectivity index (χ1n) is 7.88. The van der Waals surface area contributed by atoms with Gasteiger partial charge in [-0.25, -0.2) is 4.79 Å². The van der Waals surface area contributed by atoms with Crippen LogP contribution in [0.1, 0.15) is 5.69 Å². The molecular weight excluding hydrogens is 302 g/mol. The number of urea groups is 1. The Morgan fingerprint density at radius 2 is 1.88 bits per heavy atom. The van der Waals surface area contributed by atoms with Crippen LogP contribution in [0.4, 0.5) is 10.5 Å². The highest BCUT2D eigenvalue weighted by atomic mass is 16.2. The zero-order valence-electron chi connectivity index (χ0n) is 13.1. The van der Waals surface area contributed by atoms with E-state index in [4.69, 9.17) is 0 Å². The molecule has 0 atom stereocenters. The SMILES string of the molecule is O=C(Nc1ccccc1)N1CCn2ncc(-c3ccccn3)c2C1. The van der Waals surface area contributed by atoms with Crippen molar-refractivity contribution in [1.29, 1.82) is 0 Å². The number of carbonyl (C=O) groups excluding carboxylic acids is 1. The number of rotatable bonds is 2. The van der Waals surface area contributed by atoms with Gasteiger partial charge in [0, 0.05) is 24.0 Å². The molecule has 0 fully saturated rings. The molecule has 1 N–H and O–H groups in total. The second kappa shape index (κ2) is 6.16. The van der Waals surface area contributed by atoms with E-state index in [2.05, 4.69) is 15.4 Å². The highest BCUT2D eigenvalue weighted by Gasteiger charge is 2.24. The first-order chi connectivity index (χ1) is 11.8. The van der Waals surface area contributed by atoms with Gasteiger partial charge in [0.05, 0.1) is 30.7 Å². The van der Waals surface area contributed by atoms with Crippen molar-refractivity contribution in [1.82, 2.24) is 19.7 Å². The van der Waals surface area contributed by atoms with Crippen molar-refractivity contribution in [3.63, 3.8) is 0 Å². The Kier molecular flexibility index (Phi) is 3.70. The molecule has 0 saturated heterocycles. The molecule has 0 saturated carbocycles. The minimum Gasteiger partial charge on any atom is -0.317 e. The number of hydrogen-bond donors (Lipinski definition) is 1. The number of carbonyl (C=O) groups is 1. The molecule has 0 unspecified atom stereocenters. The fourth-order valence-corrected chi connectivity index (χ4v) is 2.88. The van der Waals surface area contributed by atoms with Gasteiger partial charge in [0.15, 0.2) is 0 Å². The summed E-state index contributed by atoms with van der Waals surface area (Å²) in [6.45, 7) is 1.84. The van der Waals surface area contributed by atoms with Crippen molar-refractivity contribution in [2.45, 2.75) is 13.1 Å². The first-order valence-corrected chi connectivity index (χ1v) is 7.88. The lowest BCUT2D eigenvalue weighted by Crippen LogP contribution is -2.41. The molecule has 24 heavy (non-hydrogen) atoms. The molecule has 0 spiro atoms. The van der Waals surface area contributed by atoms with Crippen molar-refractivity contribution >= 4 is 11.7 Å². The minimum absolute atomic E-state index is 0.0966. The third kappa shape index (κ3) is 2.74. The molecule has 120 valence electrons. The Hall–Kier alpha value is -3.15. The van der Waals surface area contributed by atoms with Gasteiger partial charge in [-0.2, -0.15) is 5.10 Å². The predicted molar refractivity (Wildman–Crippen MR) is 91.3 cm³/mol. The average Bonchev–Trinajstić information content (AvgIpc) is 3.06. The molecule has 2 amide bonds. The van der Waals surface area contributed by atoms with Gasteiger partial charge in [-0.3, -0.25) is 9.67 Å². The summed E-state index contributed by atoms with van der Waals surface area (Å²) in [5, 5.41) is 7.36. The average molecular weight is 319 g/mol. The Balaban J connectivity index is 1.55. The number of benzene rings is 1. The third-order valence-corrected chi connectivity index (χ3v) is 4.12. The number of para-hydroxylation sites is 1. The highest BCUT2D eigenvalue weighted by Crippen LogP contribution is 2.25. The van der Waals surface area contributed by atoms with E-state index in [1.54, 1.807) is 11.1 Å². The van der Waals surface area contributed by atoms with Crippen LogP contribution in [0.3, 0.4) is 0 Å². The zero-order chi connectivity index (χ0) is 16.4. The molecular formula is C18H17N5O. The van der Waals surface area contributed by atoms with Gasteiger partial charge in [0.1, 0.15) is 0 Å². The Morgan fingerprint density at radius 1 is 1.04 bits per heavy atom. The largest absolute Gasteiger partial charge is 0.322 e. The van der Waals surface area contributed by atoms with Crippen molar-refractivity contribution in [2.75, 3.05) is 11.9 Å². The van der Waals surface area contributed by atoms with E-state index < -0.39 is 0 Å². The molecule has 6 heteroatoms. The summed E-state index contributed by atoms with van der Waals surface area (Å²) in [7, 11) is 0. The lowest BCUT2D eigenvalue weighted by molar-refractivity contribution is 0.194. The summed E-state index contributed by atoms with van der Waals surface area (Å²) in [6, 6.07) is 15.2. The molecule has 0 aliphatic carbocycles. The van der Waals surface area contributed by atoms with Crippen LogP contribution in [-0.4, -0.2) is 32.2 Å². The molecule has 1 aromatic carbocycles. The molecule has 1 aliphatic rings. The van der Waals surface area contributed by atoms with Gasteiger partial charge in [-0.15, -0.1) is 0 Å². The second-order valence-corrected chi connectivity index (χ2v) is 5.66. The van der Waals surface area contributed by atoms with E-state index in [1.807, 2.05) is 59.4 Å². The van der Waals surface area contributed by atoms with Gasteiger partial charge in [-0.05, 0) is 24.3 Å². The maximum Gasteiger partial charge on any atom is 0.322 e. The number of anilines is 1. The number of nitrogens with one attached hydrogen (secondary N) is 1. The second-order valence-electron chi connectivity index (χ2n) is 5.66. The summed E-state index contributed by atoms with van der Waals surface area (Å²) in [5.41, 5.74) is 3.67. The van der Waals surface area contributed by atoms with Gasteiger partial charge < -0.3 is 10.2 Å². The first kappa shape index (κ1) is 14.4. The van der Waals surface area contributed by atoms with E-state index in [9.17, 15) is 4.79 Å². The number of nitrogens with zero attached hydrogens (tertiary/aromatic N) is 4. The van der Waals surface area contributed by atoms with E-state index in [0.29, 0.717) is 19.6 Å². The third-order valence-electron chi connectivity index (χ3n) is 4.12. The number of hydrogen-bond acceptors (Lipinski definition) is 3. The number of fused-ring (bicyclic) bond motifs is 1. The zero-order valence-corrected chi connectivity index (χ0v) is 13.1. The highest BCUT2D eigenvalue weighted by molar-refractivity contribution is 5.89. The molecule has 4 rings (SSSR count). The Morgan fingerprint density at radius 3 is 2.67 bits per heavy atom. The van der Waals surface area contributed by atoms with E-state index in [-0.39, 0.29) is 6.03 Å². The molecule has 6 nitrogen and oxygen atoms in total. The standard InChI is InChI=1S/C18H17N5O/c24-18(21-14-6-2-1-3-7-14)22-10-11-23-17(13-22)15(12-20-23)16-8-4-5-9-19-16/h1-9,12H,10-11,13H2,(H,21,24). The van der Waals surface area contributed by atoms with Gasteiger partial charge in [-0.1, -0.05) is 24.3 Å². The monoisotopic (exact) mass is 319 g/mol. The molecule has 0 radical (unpaired) electrons. The summed E-state index contributed by atoms with van der Waals surface area (Å²) in [4.78, 5) is 18.7. The van der Waals surface area contributed by atoms with E-state index >= 15 is 0 Å². The smallest absolute Gasteiger partial charge is 0.317 e. The van der Waals surface area contributed by atoms with Crippen molar-refractivity contribution in [3.05, 3.63) is 66.6 Å². The lowest BCUT2D eigenvalue weighted by atomic mass is 10.1. The van der Waals surface area contributed by atoms with Gasteiger partial charge in [0.2, 0.25) is 0 Å². The predicted octanol–water partition coefficient (Wildman–Crippen LogP) is 2.99. The van der Waals surface area contributed by atoms with E-state index in [0.717, 1.165) is 22.6 Å². The fourth-order valence-electron chi connectivity index (χ4n) is 2.88. The van der Waals surface area contributed by atoms with Crippen molar-refractivity contribution < 1.29 is 4.79 Å². The maximum atomic E-state index is 12.5. The quantitative estimate of drug-likeness (QED) is 0.790. The normalized spacial score (nSPS) is 13.4. The minimum atomic E-state index is -0.0966. The number of amides is 2. The summed E-state index contributed by atoms with van der Waals surface area (Å²) < 4.78 is 1.95. The van der Waals surface area contributed by atoms with Crippen LogP contribution >= 0.6 is 0 Å². The summed E-state index contributed by atoms with van der Waals surface area (Å²) >= 11 is 0. The summed E-state index contributed by atoms with van der Waals surface area (Å²) in [6.07, 6.45) is 3.60. The van der Waals surface area contributed by atoms with Gasteiger partial charge >= 0.3 is 6.03 Å². The molecule has 1 aliphatic heterocycles. The van der Waals surface area contributed by atoms with Crippen LogP contribution in [0.15, 0.2) is 60.9 Å². The van der Waals surface area contributed by atoms with Crippen LogP contribution in [0.25, 0.3) is 11.3 Å².